The molecule has 0 aliphatic carbocycles. The highest BCUT2D eigenvalue weighted by Crippen LogP contribution is 2.47. The van der Waals surface area contributed by atoms with Crippen molar-refractivity contribution in [2.24, 2.45) is 5.41 Å². The summed E-state index contributed by atoms with van der Waals surface area (Å²) >= 11 is 5.93. The van der Waals surface area contributed by atoms with Crippen LogP contribution in [0.3, 0.4) is 0 Å². The molecule has 0 spiro atoms. The van der Waals surface area contributed by atoms with E-state index < -0.39 is 37.3 Å². The van der Waals surface area contributed by atoms with Crippen LogP contribution in [-0.4, -0.2) is 18.9 Å². The number of alkyl halides is 3. The summed E-state index contributed by atoms with van der Waals surface area (Å²) in [5.74, 6) is -0.541. The molecule has 0 aromatic heterocycles. The van der Waals surface area contributed by atoms with Crippen molar-refractivity contribution in [1.29, 1.82) is 5.26 Å². The van der Waals surface area contributed by atoms with Crippen LogP contribution in [0.5, 0.6) is 11.5 Å². The van der Waals surface area contributed by atoms with Crippen molar-refractivity contribution in [1.82, 2.24) is 0 Å². The van der Waals surface area contributed by atoms with E-state index >= 15 is 0 Å². The average Bonchev–Trinajstić information content (AvgIpc) is 2.73. The standard InChI is InChI=1S/C22H22ClF3NO5P/c1-5-33(29,31-13-30-20(28)21(2,3)4)19-11-16(8-6-14(19)12-27)32-18-9-7-15(10-17(18)23)22(24,25)26/h6-11H,5,13H2,1-4H3. The highest BCUT2D eigenvalue weighted by Gasteiger charge is 2.32. The highest BCUT2D eigenvalue weighted by molar-refractivity contribution is 7.67. The Balaban J connectivity index is 2.32. The van der Waals surface area contributed by atoms with Crippen molar-refractivity contribution in [2.75, 3.05) is 13.0 Å². The minimum Gasteiger partial charge on any atom is -0.456 e. The number of esters is 1. The van der Waals surface area contributed by atoms with E-state index in [-0.39, 0.29) is 33.6 Å². The summed E-state index contributed by atoms with van der Waals surface area (Å²) in [5, 5.41) is 9.20. The Morgan fingerprint density at radius 2 is 1.82 bits per heavy atom. The number of nitrogens with zero attached hydrogens (tertiary/aromatic N) is 1. The van der Waals surface area contributed by atoms with Crippen molar-refractivity contribution in [3.63, 3.8) is 0 Å². The Kier molecular flexibility index (Phi) is 8.23. The zero-order chi connectivity index (χ0) is 25.0. The first-order valence-corrected chi connectivity index (χ1v) is 11.9. The maximum atomic E-state index is 13.4. The van der Waals surface area contributed by atoms with Crippen molar-refractivity contribution in [2.45, 2.75) is 33.9 Å². The van der Waals surface area contributed by atoms with Crippen LogP contribution in [0.1, 0.15) is 38.8 Å². The fourth-order valence-corrected chi connectivity index (χ4v) is 4.47. The summed E-state index contributed by atoms with van der Waals surface area (Å²) in [6.45, 7) is 5.94. The van der Waals surface area contributed by atoms with Crippen LogP contribution >= 0.6 is 19.0 Å². The predicted molar refractivity (Wildman–Crippen MR) is 117 cm³/mol. The molecular weight excluding hydrogens is 482 g/mol. The molecule has 0 aliphatic rings. The summed E-state index contributed by atoms with van der Waals surface area (Å²) in [7, 11) is -3.65. The third-order valence-electron chi connectivity index (χ3n) is 4.42. The third kappa shape index (κ3) is 6.73. The first-order chi connectivity index (χ1) is 15.2. The van der Waals surface area contributed by atoms with Gasteiger partial charge >= 0.3 is 12.1 Å². The van der Waals surface area contributed by atoms with Gasteiger partial charge in [0.25, 0.3) is 0 Å². The van der Waals surface area contributed by atoms with E-state index in [0.717, 1.165) is 18.2 Å². The second kappa shape index (κ2) is 10.2. The minimum absolute atomic E-state index is 0.0146. The number of ether oxygens (including phenoxy) is 2. The molecule has 0 fully saturated rings. The Morgan fingerprint density at radius 1 is 1.15 bits per heavy atom. The van der Waals surface area contributed by atoms with Crippen LogP contribution in [0, 0.1) is 16.7 Å². The molecule has 0 radical (unpaired) electrons. The highest BCUT2D eigenvalue weighted by atomic mass is 35.5. The normalized spacial score (nSPS) is 13.7. The molecule has 178 valence electrons. The van der Waals surface area contributed by atoms with Gasteiger partial charge in [0.05, 0.1) is 32.9 Å². The molecule has 0 aliphatic heterocycles. The van der Waals surface area contributed by atoms with Crippen LogP contribution < -0.4 is 10.0 Å². The van der Waals surface area contributed by atoms with Gasteiger partial charge in [0.2, 0.25) is 7.37 Å². The summed E-state index contributed by atoms with van der Waals surface area (Å²) < 4.78 is 68.0. The molecule has 0 N–H and O–H groups in total. The van der Waals surface area contributed by atoms with E-state index in [1.807, 2.05) is 6.07 Å². The van der Waals surface area contributed by atoms with Crippen molar-refractivity contribution in [3.05, 3.63) is 52.5 Å². The van der Waals surface area contributed by atoms with Gasteiger partial charge in [-0.1, -0.05) is 18.5 Å². The summed E-state index contributed by atoms with van der Waals surface area (Å²) in [6, 6.07) is 8.54. The van der Waals surface area contributed by atoms with Crippen molar-refractivity contribution >= 4 is 30.2 Å². The molecule has 33 heavy (non-hydrogen) atoms. The molecule has 0 saturated carbocycles. The number of carbonyl (C=O) groups is 1. The van der Waals surface area contributed by atoms with E-state index in [1.165, 1.54) is 18.2 Å². The maximum absolute atomic E-state index is 13.4. The number of nitriles is 1. The fraction of sp³-hybridized carbons (Fsp3) is 0.364. The number of halogens is 4. The SMILES string of the molecule is CCP(=O)(OCOC(=O)C(C)(C)C)c1cc(Oc2ccc(C(F)(F)F)cc2Cl)ccc1C#N. The summed E-state index contributed by atoms with van der Waals surface area (Å²) in [5.41, 5.74) is -1.67. The molecule has 0 amide bonds. The maximum Gasteiger partial charge on any atom is 0.416 e. The average molecular weight is 504 g/mol. The van der Waals surface area contributed by atoms with Gasteiger partial charge in [-0.3, -0.25) is 13.9 Å². The summed E-state index contributed by atoms with van der Waals surface area (Å²) in [4.78, 5) is 11.9. The quantitative estimate of drug-likeness (QED) is 0.243. The fourth-order valence-electron chi connectivity index (χ4n) is 2.55. The smallest absolute Gasteiger partial charge is 0.416 e. The number of hydrogen-bond acceptors (Lipinski definition) is 6. The lowest BCUT2D eigenvalue weighted by molar-refractivity contribution is -0.159. The van der Waals surface area contributed by atoms with Crippen molar-refractivity contribution in [3.8, 4) is 17.6 Å². The molecule has 1 atom stereocenters. The Morgan fingerprint density at radius 3 is 2.33 bits per heavy atom. The van der Waals surface area contributed by atoms with Gasteiger partial charge in [0, 0.05) is 6.16 Å². The Labute approximate surface area is 194 Å². The first kappa shape index (κ1) is 26.7. The zero-order valence-electron chi connectivity index (χ0n) is 18.3. The second-order valence-electron chi connectivity index (χ2n) is 7.95. The summed E-state index contributed by atoms with van der Waals surface area (Å²) in [6.07, 6.45) is -4.58. The van der Waals surface area contributed by atoms with Crippen LogP contribution in [0.2, 0.25) is 5.02 Å². The second-order valence-corrected chi connectivity index (χ2v) is 11.1. The van der Waals surface area contributed by atoms with E-state index in [4.69, 9.17) is 25.6 Å². The molecular formula is C22H22ClF3NO5P. The lowest BCUT2D eigenvalue weighted by Crippen LogP contribution is -2.24. The third-order valence-corrected chi connectivity index (χ3v) is 7.18. The largest absolute Gasteiger partial charge is 0.456 e. The molecule has 1 unspecified atom stereocenters. The monoisotopic (exact) mass is 503 g/mol. The molecule has 0 saturated heterocycles. The van der Waals surface area contributed by atoms with Gasteiger partial charge in [0.15, 0.2) is 6.79 Å². The molecule has 0 bridgehead atoms. The van der Waals surface area contributed by atoms with Gasteiger partial charge in [-0.2, -0.15) is 18.4 Å². The van der Waals surface area contributed by atoms with Gasteiger partial charge in [-0.15, -0.1) is 0 Å². The van der Waals surface area contributed by atoms with Gasteiger partial charge in [-0.05, 0) is 57.2 Å². The number of hydrogen-bond donors (Lipinski definition) is 0. The molecule has 6 nitrogen and oxygen atoms in total. The van der Waals surface area contributed by atoms with Crippen LogP contribution in [0.4, 0.5) is 13.2 Å². The predicted octanol–water partition coefficient (Wildman–Crippen LogP) is 6.51. The molecule has 2 aromatic carbocycles. The zero-order valence-corrected chi connectivity index (χ0v) is 20.0. The molecule has 11 heteroatoms. The number of rotatable bonds is 7. The van der Waals surface area contributed by atoms with Crippen LogP contribution in [0.15, 0.2) is 36.4 Å². The van der Waals surface area contributed by atoms with Crippen LogP contribution in [0.25, 0.3) is 0 Å². The number of carbonyl (C=O) groups excluding carboxylic acids is 1. The topological polar surface area (TPSA) is 85.6 Å². The van der Waals surface area contributed by atoms with Crippen LogP contribution in [-0.2, 0) is 24.8 Å². The van der Waals surface area contributed by atoms with E-state index in [1.54, 1.807) is 27.7 Å². The molecule has 2 aromatic rings. The first-order valence-electron chi connectivity index (χ1n) is 9.71. The Bertz CT molecular complexity index is 1120. The molecule has 0 heterocycles. The lowest BCUT2D eigenvalue weighted by atomic mass is 9.98. The van der Waals surface area contributed by atoms with E-state index in [9.17, 15) is 27.8 Å². The van der Waals surface area contributed by atoms with E-state index in [0.29, 0.717) is 0 Å². The van der Waals surface area contributed by atoms with Gasteiger partial charge < -0.3 is 9.47 Å². The van der Waals surface area contributed by atoms with E-state index in [2.05, 4.69) is 0 Å². The van der Waals surface area contributed by atoms with Gasteiger partial charge in [-0.25, -0.2) is 0 Å². The van der Waals surface area contributed by atoms with Gasteiger partial charge in [0.1, 0.15) is 11.5 Å². The minimum atomic E-state index is -4.56. The Hall–Kier alpha value is -2.53. The lowest BCUT2D eigenvalue weighted by Gasteiger charge is -2.21. The molecule has 2 rings (SSSR count). The van der Waals surface area contributed by atoms with Crippen molar-refractivity contribution < 1.29 is 36.5 Å². The number of benzene rings is 2.